The van der Waals surface area contributed by atoms with E-state index in [1.54, 1.807) is 32.8 Å². The number of anilines is 1. The van der Waals surface area contributed by atoms with Gasteiger partial charge in [0.25, 0.3) is 0 Å². The van der Waals surface area contributed by atoms with Crippen LogP contribution in [0.4, 0.5) is 5.69 Å². The maximum atomic E-state index is 11.6. The fourth-order valence-electron chi connectivity index (χ4n) is 1.63. The van der Waals surface area contributed by atoms with Crippen molar-refractivity contribution < 1.29 is 14.3 Å². The van der Waals surface area contributed by atoms with Crippen LogP contribution < -0.4 is 5.32 Å². The summed E-state index contributed by atoms with van der Waals surface area (Å²) in [5.74, 6) is -0.218. The van der Waals surface area contributed by atoms with E-state index in [-0.39, 0.29) is 11.9 Å². The average Bonchev–Trinajstić information content (AvgIpc) is 2.41. The van der Waals surface area contributed by atoms with E-state index in [1.165, 1.54) is 0 Å². The number of hydrogen-bond donors (Lipinski definition) is 1. The number of hydrogen-bond acceptors (Lipinski definition) is 4. The Morgan fingerprint density at radius 1 is 1.25 bits per heavy atom. The molecule has 0 saturated heterocycles. The van der Waals surface area contributed by atoms with E-state index >= 15 is 0 Å². The molecule has 1 atom stereocenters. The van der Waals surface area contributed by atoms with Gasteiger partial charge in [0.2, 0.25) is 5.91 Å². The van der Waals surface area contributed by atoms with Gasteiger partial charge >= 0.3 is 5.97 Å². The van der Waals surface area contributed by atoms with Crippen LogP contribution in [-0.4, -0.2) is 43.5 Å². The highest BCUT2D eigenvalue weighted by molar-refractivity contribution is 5.79. The minimum Gasteiger partial charge on any atom is -0.464 e. The lowest BCUT2D eigenvalue weighted by Crippen LogP contribution is -2.28. The van der Waals surface area contributed by atoms with Crippen molar-refractivity contribution in [2.24, 2.45) is 0 Å². The summed E-state index contributed by atoms with van der Waals surface area (Å²) in [6.07, 6.45) is 0.376. The smallest absolute Gasteiger partial charge is 0.328 e. The lowest BCUT2D eigenvalue weighted by atomic mass is 10.1. The molecule has 110 valence electrons. The highest BCUT2D eigenvalue weighted by Gasteiger charge is 2.13. The van der Waals surface area contributed by atoms with Gasteiger partial charge in [0.1, 0.15) is 6.04 Å². The molecule has 5 nitrogen and oxygen atoms in total. The molecule has 20 heavy (non-hydrogen) atoms. The number of ether oxygens (including phenoxy) is 1. The third-order valence-electron chi connectivity index (χ3n) is 2.83. The standard InChI is InChI=1S/C15H22N2O3/c1-5-20-15(19)11(2)16-13-8-6-12(7-9-13)10-14(18)17(3)4/h6-9,11,16H,5,10H2,1-4H3. The SMILES string of the molecule is CCOC(=O)C(C)Nc1ccc(CC(=O)N(C)C)cc1. The Labute approximate surface area is 119 Å². The highest BCUT2D eigenvalue weighted by atomic mass is 16.5. The van der Waals surface area contributed by atoms with Crippen molar-refractivity contribution in [3.05, 3.63) is 29.8 Å². The number of likely N-dealkylation sites (N-methyl/N-ethyl adjacent to an activating group) is 1. The first-order valence-electron chi connectivity index (χ1n) is 6.66. The molecule has 0 aliphatic heterocycles. The zero-order valence-corrected chi connectivity index (χ0v) is 12.5. The van der Waals surface area contributed by atoms with Crippen molar-refractivity contribution in [1.29, 1.82) is 0 Å². The third kappa shape index (κ3) is 4.91. The van der Waals surface area contributed by atoms with Gasteiger partial charge in [0.15, 0.2) is 0 Å². The Morgan fingerprint density at radius 3 is 2.35 bits per heavy atom. The van der Waals surface area contributed by atoms with Gasteiger partial charge in [0.05, 0.1) is 13.0 Å². The van der Waals surface area contributed by atoms with Gasteiger partial charge in [-0.15, -0.1) is 0 Å². The Hall–Kier alpha value is -2.04. The molecule has 0 saturated carbocycles. The van der Waals surface area contributed by atoms with Crippen LogP contribution in [0.3, 0.4) is 0 Å². The van der Waals surface area contributed by atoms with E-state index < -0.39 is 6.04 Å². The van der Waals surface area contributed by atoms with Crippen molar-refractivity contribution in [3.8, 4) is 0 Å². The fraction of sp³-hybridized carbons (Fsp3) is 0.467. The Morgan fingerprint density at radius 2 is 1.85 bits per heavy atom. The number of amides is 1. The summed E-state index contributed by atoms with van der Waals surface area (Å²) in [6, 6.07) is 7.06. The molecule has 1 amide bonds. The second-order valence-corrected chi connectivity index (χ2v) is 4.78. The zero-order valence-electron chi connectivity index (χ0n) is 12.5. The van der Waals surface area contributed by atoms with Gasteiger partial charge in [-0.3, -0.25) is 4.79 Å². The van der Waals surface area contributed by atoms with E-state index in [1.807, 2.05) is 24.3 Å². The number of benzene rings is 1. The van der Waals surface area contributed by atoms with Crippen LogP contribution >= 0.6 is 0 Å². The minimum atomic E-state index is -0.399. The quantitative estimate of drug-likeness (QED) is 0.804. The van der Waals surface area contributed by atoms with Crippen LogP contribution in [0.15, 0.2) is 24.3 Å². The largest absolute Gasteiger partial charge is 0.464 e. The topological polar surface area (TPSA) is 58.6 Å². The second-order valence-electron chi connectivity index (χ2n) is 4.78. The zero-order chi connectivity index (χ0) is 15.1. The molecule has 0 radical (unpaired) electrons. The molecule has 1 N–H and O–H groups in total. The normalized spacial score (nSPS) is 11.6. The first-order valence-corrected chi connectivity index (χ1v) is 6.66. The summed E-state index contributed by atoms with van der Waals surface area (Å²) < 4.78 is 4.93. The molecular weight excluding hydrogens is 256 g/mol. The van der Waals surface area contributed by atoms with Crippen molar-refractivity contribution in [3.63, 3.8) is 0 Å². The van der Waals surface area contributed by atoms with Crippen molar-refractivity contribution >= 4 is 17.6 Å². The van der Waals surface area contributed by atoms with Crippen molar-refractivity contribution in [2.45, 2.75) is 26.3 Å². The van der Waals surface area contributed by atoms with Crippen LogP contribution in [0.25, 0.3) is 0 Å². The maximum Gasteiger partial charge on any atom is 0.328 e. The Kier molecular flexibility index (Phi) is 6.03. The van der Waals surface area contributed by atoms with E-state index in [2.05, 4.69) is 5.32 Å². The molecule has 0 heterocycles. The van der Waals surface area contributed by atoms with E-state index in [4.69, 9.17) is 4.74 Å². The highest BCUT2D eigenvalue weighted by Crippen LogP contribution is 2.12. The van der Waals surface area contributed by atoms with Crippen LogP contribution in [-0.2, 0) is 20.7 Å². The first-order chi connectivity index (χ1) is 9.43. The molecule has 1 rings (SSSR count). The summed E-state index contributed by atoms with van der Waals surface area (Å²) in [7, 11) is 3.47. The van der Waals surface area contributed by atoms with Crippen LogP contribution in [0.2, 0.25) is 0 Å². The van der Waals surface area contributed by atoms with Crippen molar-refractivity contribution in [1.82, 2.24) is 4.90 Å². The van der Waals surface area contributed by atoms with Gasteiger partial charge in [-0.1, -0.05) is 12.1 Å². The predicted molar refractivity (Wildman–Crippen MR) is 78.6 cm³/mol. The molecule has 0 aliphatic rings. The summed E-state index contributed by atoms with van der Waals surface area (Å²) in [5, 5.41) is 3.06. The summed E-state index contributed by atoms with van der Waals surface area (Å²) >= 11 is 0. The molecule has 0 spiro atoms. The summed E-state index contributed by atoms with van der Waals surface area (Å²) in [5.41, 5.74) is 1.77. The Balaban J connectivity index is 2.58. The molecule has 0 bridgehead atoms. The molecule has 5 heteroatoms. The van der Waals surface area contributed by atoms with Gasteiger partial charge in [-0.25, -0.2) is 4.79 Å². The van der Waals surface area contributed by atoms with Gasteiger partial charge < -0.3 is 15.0 Å². The number of carbonyl (C=O) groups is 2. The maximum absolute atomic E-state index is 11.6. The van der Waals surface area contributed by atoms with E-state index in [9.17, 15) is 9.59 Å². The number of carbonyl (C=O) groups excluding carboxylic acids is 2. The number of rotatable bonds is 6. The van der Waals surface area contributed by atoms with E-state index in [0.717, 1.165) is 11.3 Å². The van der Waals surface area contributed by atoms with Crippen LogP contribution in [0.1, 0.15) is 19.4 Å². The molecule has 1 unspecified atom stereocenters. The molecular formula is C15H22N2O3. The van der Waals surface area contributed by atoms with Crippen LogP contribution in [0.5, 0.6) is 0 Å². The fourth-order valence-corrected chi connectivity index (χ4v) is 1.63. The second kappa shape index (κ2) is 7.53. The number of esters is 1. The minimum absolute atomic E-state index is 0.0607. The van der Waals surface area contributed by atoms with Crippen molar-refractivity contribution in [2.75, 3.05) is 26.0 Å². The molecule has 0 fully saturated rings. The number of nitrogens with one attached hydrogen (secondary N) is 1. The summed E-state index contributed by atoms with van der Waals surface area (Å²) in [6.45, 7) is 3.90. The Bertz CT molecular complexity index is 455. The van der Waals surface area contributed by atoms with Crippen LogP contribution in [0, 0.1) is 0 Å². The molecule has 1 aromatic rings. The molecule has 0 aliphatic carbocycles. The van der Waals surface area contributed by atoms with E-state index in [0.29, 0.717) is 13.0 Å². The monoisotopic (exact) mass is 278 g/mol. The lowest BCUT2D eigenvalue weighted by molar-refractivity contribution is -0.143. The molecule has 0 aromatic heterocycles. The number of nitrogens with zero attached hydrogens (tertiary/aromatic N) is 1. The third-order valence-corrected chi connectivity index (χ3v) is 2.83. The van der Waals surface area contributed by atoms with Gasteiger partial charge in [-0.05, 0) is 31.5 Å². The summed E-state index contributed by atoms with van der Waals surface area (Å²) in [4.78, 5) is 24.6. The molecule has 1 aromatic carbocycles. The predicted octanol–water partition coefficient (Wildman–Crippen LogP) is 1.68. The van der Waals surface area contributed by atoms with Gasteiger partial charge in [-0.2, -0.15) is 0 Å². The van der Waals surface area contributed by atoms with Gasteiger partial charge in [0, 0.05) is 19.8 Å². The first kappa shape index (κ1) is 16.0. The lowest BCUT2D eigenvalue weighted by Gasteiger charge is -2.14. The average molecular weight is 278 g/mol.